The Bertz CT molecular complexity index is 480. The molecule has 0 unspecified atom stereocenters. The Morgan fingerprint density at radius 1 is 1.21 bits per heavy atom. The lowest BCUT2D eigenvalue weighted by atomic mass is 10.0. The Kier molecular flexibility index (Phi) is 2.14. The van der Waals surface area contributed by atoms with E-state index < -0.39 is 0 Å². The molecule has 2 aromatic carbocycles. The number of fused-ring (bicyclic) bond motifs is 1. The van der Waals surface area contributed by atoms with Crippen molar-refractivity contribution in [1.82, 2.24) is 0 Å². The van der Waals surface area contributed by atoms with E-state index in [-0.39, 0.29) is 12.3 Å². The average molecular weight is 187 g/mol. The van der Waals surface area contributed by atoms with Crippen LogP contribution in [-0.4, -0.2) is 5.11 Å². The molecule has 0 amide bonds. The van der Waals surface area contributed by atoms with Gasteiger partial charge in [0, 0.05) is 0 Å². The number of nitrogens with zero attached hydrogens (tertiary/aromatic N) is 1. The minimum absolute atomic E-state index is 0.0922. The molecule has 0 aliphatic heterocycles. The Morgan fingerprint density at radius 3 is 2.79 bits per heavy atom. The molecule has 0 saturated heterocycles. The van der Waals surface area contributed by atoms with Crippen molar-refractivity contribution in [2.45, 2.75) is 6.54 Å². The minimum Gasteiger partial charge on any atom is -0.508 e. The summed E-state index contributed by atoms with van der Waals surface area (Å²) in [5, 5.41) is 14.1. The van der Waals surface area contributed by atoms with Crippen LogP contribution >= 0.6 is 0 Å². The van der Waals surface area contributed by atoms with Gasteiger partial charge in [-0.2, -0.15) is 4.91 Å². The summed E-state index contributed by atoms with van der Waals surface area (Å²) in [5.74, 6) is 0.169. The third-order valence-electron chi connectivity index (χ3n) is 2.17. The SMILES string of the molecule is O=NCc1cc(O)cc2ccccc12. The van der Waals surface area contributed by atoms with Crippen molar-refractivity contribution < 1.29 is 5.11 Å². The monoisotopic (exact) mass is 187 g/mol. The van der Waals surface area contributed by atoms with Crippen LogP contribution < -0.4 is 0 Å². The van der Waals surface area contributed by atoms with E-state index in [1.54, 1.807) is 12.1 Å². The van der Waals surface area contributed by atoms with E-state index in [4.69, 9.17) is 0 Å². The van der Waals surface area contributed by atoms with Crippen LogP contribution in [-0.2, 0) is 6.54 Å². The Balaban J connectivity index is 2.73. The van der Waals surface area contributed by atoms with Gasteiger partial charge in [0.1, 0.15) is 12.3 Å². The van der Waals surface area contributed by atoms with E-state index in [2.05, 4.69) is 5.18 Å². The molecule has 1 N–H and O–H groups in total. The van der Waals surface area contributed by atoms with Crippen molar-refractivity contribution in [1.29, 1.82) is 0 Å². The van der Waals surface area contributed by atoms with Crippen LogP contribution in [0, 0.1) is 4.91 Å². The second-order valence-corrected chi connectivity index (χ2v) is 3.11. The zero-order valence-electron chi connectivity index (χ0n) is 7.47. The lowest BCUT2D eigenvalue weighted by Gasteiger charge is -2.03. The molecule has 0 heterocycles. The predicted octanol–water partition coefficient (Wildman–Crippen LogP) is 2.81. The fraction of sp³-hybridized carbons (Fsp3) is 0.0909. The molecule has 0 bridgehead atoms. The smallest absolute Gasteiger partial charge is 0.116 e. The van der Waals surface area contributed by atoms with E-state index in [0.717, 1.165) is 16.3 Å². The third-order valence-corrected chi connectivity index (χ3v) is 2.17. The Labute approximate surface area is 81.0 Å². The van der Waals surface area contributed by atoms with E-state index in [9.17, 15) is 10.0 Å². The molecule has 0 radical (unpaired) electrons. The quantitative estimate of drug-likeness (QED) is 0.735. The molecule has 2 aromatic rings. The van der Waals surface area contributed by atoms with Crippen molar-refractivity contribution >= 4 is 10.8 Å². The van der Waals surface area contributed by atoms with Crippen LogP contribution in [0.2, 0.25) is 0 Å². The van der Waals surface area contributed by atoms with E-state index >= 15 is 0 Å². The molecule has 0 aromatic heterocycles. The summed E-state index contributed by atoms with van der Waals surface area (Å²) in [4.78, 5) is 10.2. The fourth-order valence-corrected chi connectivity index (χ4v) is 1.57. The van der Waals surface area contributed by atoms with Gasteiger partial charge in [-0.1, -0.05) is 29.4 Å². The summed E-state index contributed by atoms with van der Waals surface area (Å²) in [6.45, 7) is 0.0922. The topological polar surface area (TPSA) is 49.7 Å². The van der Waals surface area contributed by atoms with Crippen molar-refractivity contribution in [2.24, 2.45) is 5.18 Å². The van der Waals surface area contributed by atoms with Crippen molar-refractivity contribution in [3.05, 3.63) is 46.9 Å². The van der Waals surface area contributed by atoms with E-state index in [1.807, 2.05) is 24.3 Å². The van der Waals surface area contributed by atoms with Gasteiger partial charge >= 0.3 is 0 Å². The van der Waals surface area contributed by atoms with Gasteiger partial charge in [-0.05, 0) is 28.5 Å². The van der Waals surface area contributed by atoms with Crippen molar-refractivity contribution in [3.63, 3.8) is 0 Å². The van der Waals surface area contributed by atoms with Gasteiger partial charge in [-0.25, -0.2) is 0 Å². The van der Waals surface area contributed by atoms with Crippen molar-refractivity contribution in [3.8, 4) is 5.75 Å². The van der Waals surface area contributed by atoms with Crippen LogP contribution in [0.4, 0.5) is 0 Å². The maximum absolute atomic E-state index is 10.2. The summed E-state index contributed by atoms with van der Waals surface area (Å²) < 4.78 is 0. The highest BCUT2D eigenvalue weighted by Gasteiger charge is 2.02. The Hall–Kier alpha value is -1.90. The van der Waals surface area contributed by atoms with Gasteiger partial charge in [-0.3, -0.25) is 0 Å². The van der Waals surface area contributed by atoms with Crippen LogP contribution in [0.1, 0.15) is 5.56 Å². The lowest BCUT2D eigenvalue weighted by molar-refractivity contribution is 0.475. The highest BCUT2D eigenvalue weighted by Crippen LogP contribution is 2.24. The van der Waals surface area contributed by atoms with Crippen LogP contribution in [0.3, 0.4) is 0 Å². The Morgan fingerprint density at radius 2 is 2.00 bits per heavy atom. The first-order valence-corrected chi connectivity index (χ1v) is 4.31. The summed E-state index contributed by atoms with van der Waals surface area (Å²) in [6, 6.07) is 10.8. The maximum Gasteiger partial charge on any atom is 0.116 e. The summed E-state index contributed by atoms with van der Waals surface area (Å²) in [6.07, 6.45) is 0. The normalized spacial score (nSPS) is 10.3. The molecule has 0 atom stereocenters. The second-order valence-electron chi connectivity index (χ2n) is 3.11. The molecule has 14 heavy (non-hydrogen) atoms. The summed E-state index contributed by atoms with van der Waals surface area (Å²) in [7, 11) is 0. The van der Waals surface area contributed by atoms with Gasteiger partial charge in [0.05, 0.1) is 0 Å². The number of aromatic hydroxyl groups is 1. The maximum atomic E-state index is 10.2. The average Bonchev–Trinajstić information content (AvgIpc) is 2.18. The van der Waals surface area contributed by atoms with E-state index in [0.29, 0.717) is 0 Å². The summed E-state index contributed by atoms with van der Waals surface area (Å²) in [5.41, 5.74) is 0.760. The first kappa shape index (κ1) is 8.69. The number of phenols is 1. The molecule has 0 aliphatic rings. The first-order valence-electron chi connectivity index (χ1n) is 4.31. The predicted molar refractivity (Wildman–Crippen MR) is 55.1 cm³/mol. The van der Waals surface area contributed by atoms with Gasteiger partial charge < -0.3 is 5.11 Å². The minimum atomic E-state index is 0.0922. The first-order chi connectivity index (χ1) is 6.81. The number of phenolic OH excluding ortho intramolecular Hbond substituents is 1. The molecule has 0 fully saturated rings. The zero-order valence-corrected chi connectivity index (χ0v) is 7.47. The van der Waals surface area contributed by atoms with Crippen molar-refractivity contribution in [2.75, 3.05) is 0 Å². The standard InChI is InChI=1S/C11H9NO2/c13-10-5-8-3-1-2-4-11(8)9(6-10)7-12-14/h1-6,13H,7H2. The number of hydrogen-bond acceptors (Lipinski definition) is 3. The second kappa shape index (κ2) is 3.46. The largest absolute Gasteiger partial charge is 0.508 e. The number of hydrogen-bond donors (Lipinski definition) is 1. The van der Waals surface area contributed by atoms with Crippen LogP contribution in [0.5, 0.6) is 5.75 Å². The van der Waals surface area contributed by atoms with Crippen LogP contribution in [0.15, 0.2) is 41.6 Å². The van der Waals surface area contributed by atoms with Gasteiger partial charge in [-0.15, -0.1) is 0 Å². The van der Waals surface area contributed by atoms with E-state index in [1.165, 1.54) is 0 Å². The molecular weight excluding hydrogens is 178 g/mol. The fourth-order valence-electron chi connectivity index (χ4n) is 1.57. The summed E-state index contributed by atoms with van der Waals surface area (Å²) >= 11 is 0. The molecule has 3 nitrogen and oxygen atoms in total. The molecule has 2 rings (SSSR count). The highest BCUT2D eigenvalue weighted by molar-refractivity contribution is 5.87. The lowest BCUT2D eigenvalue weighted by Crippen LogP contribution is -1.83. The van der Waals surface area contributed by atoms with Gasteiger partial charge in [0.25, 0.3) is 0 Å². The number of rotatable bonds is 2. The molecule has 0 spiro atoms. The number of benzene rings is 2. The van der Waals surface area contributed by atoms with Gasteiger partial charge in [0.15, 0.2) is 0 Å². The molecule has 70 valence electrons. The third kappa shape index (κ3) is 1.44. The molecule has 0 aliphatic carbocycles. The highest BCUT2D eigenvalue weighted by atomic mass is 16.3. The van der Waals surface area contributed by atoms with Crippen LogP contribution in [0.25, 0.3) is 10.8 Å². The number of nitroso groups, excluding NO2 is 1. The zero-order chi connectivity index (χ0) is 9.97. The molecule has 3 heteroatoms. The molecular formula is C11H9NO2. The van der Waals surface area contributed by atoms with Gasteiger partial charge in [0.2, 0.25) is 0 Å². The molecule has 0 saturated carbocycles.